The van der Waals surface area contributed by atoms with E-state index in [1.807, 2.05) is 16.0 Å². The summed E-state index contributed by atoms with van der Waals surface area (Å²) in [6.07, 6.45) is 8.14. The van der Waals surface area contributed by atoms with E-state index in [9.17, 15) is 4.79 Å². The number of thiazole rings is 1. The van der Waals surface area contributed by atoms with E-state index in [0.717, 1.165) is 4.96 Å². The molecule has 0 unspecified atom stereocenters. The average molecular weight is 305 g/mol. The second-order valence-electron chi connectivity index (χ2n) is 3.91. The van der Waals surface area contributed by atoms with Crippen LogP contribution in [0.15, 0.2) is 42.2 Å². The number of nitrogens with zero attached hydrogens (tertiary/aromatic N) is 3. The Balaban J connectivity index is 1.78. The maximum absolute atomic E-state index is 11.8. The van der Waals surface area contributed by atoms with Crippen molar-refractivity contribution >= 4 is 45.6 Å². The van der Waals surface area contributed by atoms with Crippen LogP contribution < -0.4 is 5.32 Å². The van der Waals surface area contributed by atoms with Gasteiger partial charge >= 0.3 is 0 Å². The van der Waals surface area contributed by atoms with Crippen molar-refractivity contribution in [2.45, 2.75) is 0 Å². The van der Waals surface area contributed by atoms with Gasteiger partial charge in [0.25, 0.3) is 0 Å². The molecule has 3 heterocycles. The van der Waals surface area contributed by atoms with Gasteiger partial charge in [0.05, 0.1) is 17.6 Å². The number of aromatic nitrogens is 3. The molecule has 7 heteroatoms. The molecule has 20 heavy (non-hydrogen) atoms. The molecule has 0 spiro atoms. The maximum atomic E-state index is 11.8. The lowest BCUT2D eigenvalue weighted by Gasteiger charge is -1.99. The zero-order valence-corrected chi connectivity index (χ0v) is 11.7. The number of anilines is 1. The Morgan fingerprint density at radius 1 is 1.50 bits per heavy atom. The molecule has 1 amide bonds. The molecular weight excluding hydrogens is 296 g/mol. The molecule has 100 valence electrons. The summed E-state index contributed by atoms with van der Waals surface area (Å²) in [4.78, 5) is 20.7. The number of nitrogens with one attached hydrogen (secondary N) is 1. The van der Waals surface area contributed by atoms with Gasteiger partial charge in [-0.05, 0) is 18.2 Å². The lowest BCUT2D eigenvalue weighted by molar-refractivity contribution is -0.111. The number of halogens is 1. The highest BCUT2D eigenvalue weighted by Gasteiger charge is 2.08. The number of pyridine rings is 1. The Hall–Kier alpha value is -2.18. The molecule has 0 aliphatic carbocycles. The van der Waals surface area contributed by atoms with Gasteiger partial charge in [0.1, 0.15) is 0 Å². The monoisotopic (exact) mass is 304 g/mol. The van der Waals surface area contributed by atoms with E-state index in [4.69, 9.17) is 11.6 Å². The fourth-order valence-electron chi connectivity index (χ4n) is 1.70. The van der Waals surface area contributed by atoms with Gasteiger partial charge in [0.15, 0.2) is 10.1 Å². The fraction of sp³-hybridized carbons (Fsp3) is 0. The molecule has 1 N–H and O–H groups in total. The van der Waals surface area contributed by atoms with Crippen LogP contribution in [0.4, 0.5) is 5.69 Å². The number of hydrogen-bond acceptors (Lipinski definition) is 4. The number of amides is 1. The Morgan fingerprint density at radius 3 is 3.20 bits per heavy atom. The highest BCUT2D eigenvalue weighted by atomic mass is 35.5. The highest BCUT2D eigenvalue weighted by molar-refractivity contribution is 7.15. The summed E-state index contributed by atoms with van der Waals surface area (Å²) in [5, 5.41) is 4.99. The lowest BCUT2D eigenvalue weighted by Crippen LogP contribution is -2.07. The maximum Gasteiger partial charge on any atom is 0.248 e. The van der Waals surface area contributed by atoms with Gasteiger partial charge in [0, 0.05) is 23.8 Å². The third-order valence-corrected chi connectivity index (χ3v) is 3.61. The second kappa shape index (κ2) is 5.44. The predicted molar refractivity (Wildman–Crippen MR) is 80.0 cm³/mol. The summed E-state index contributed by atoms with van der Waals surface area (Å²) < 4.78 is 1.83. The van der Waals surface area contributed by atoms with Crippen molar-refractivity contribution in [3.05, 3.63) is 53.0 Å². The van der Waals surface area contributed by atoms with Crippen molar-refractivity contribution in [1.29, 1.82) is 0 Å². The van der Waals surface area contributed by atoms with Crippen LogP contribution in [0.25, 0.3) is 11.0 Å². The van der Waals surface area contributed by atoms with Gasteiger partial charge < -0.3 is 5.32 Å². The molecule has 0 fully saturated rings. The minimum Gasteiger partial charge on any atom is -0.321 e. The SMILES string of the molecule is O=C(/C=C/c1c(Cl)nc2sccn12)Nc1cccnc1. The van der Waals surface area contributed by atoms with E-state index in [2.05, 4.69) is 15.3 Å². The molecule has 0 radical (unpaired) electrons. The van der Waals surface area contributed by atoms with Crippen LogP contribution in [0.5, 0.6) is 0 Å². The van der Waals surface area contributed by atoms with Gasteiger partial charge in [-0.25, -0.2) is 4.98 Å². The van der Waals surface area contributed by atoms with Gasteiger partial charge in [-0.2, -0.15) is 0 Å². The lowest BCUT2D eigenvalue weighted by atomic mass is 10.3. The summed E-state index contributed by atoms with van der Waals surface area (Å²) in [6, 6.07) is 3.52. The zero-order valence-electron chi connectivity index (χ0n) is 10.2. The molecule has 0 saturated heterocycles. The first-order chi connectivity index (χ1) is 9.74. The standard InChI is InChI=1S/C13H9ClN4OS/c14-12-10(18-6-7-20-13(18)17-12)3-4-11(19)16-9-2-1-5-15-8-9/h1-8H,(H,16,19)/b4-3+. The largest absolute Gasteiger partial charge is 0.321 e. The topological polar surface area (TPSA) is 59.3 Å². The predicted octanol–water partition coefficient (Wildman–Crippen LogP) is 3.10. The van der Waals surface area contributed by atoms with Crippen molar-refractivity contribution < 1.29 is 4.79 Å². The average Bonchev–Trinajstić information content (AvgIpc) is 2.98. The molecule has 3 rings (SSSR count). The molecule has 3 aromatic rings. The van der Waals surface area contributed by atoms with Crippen LogP contribution in [0.3, 0.4) is 0 Å². The summed E-state index contributed by atoms with van der Waals surface area (Å²) in [5.74, 6) is -0.251. The normalized spacial score (nSPS) is 11.2. The quantitative estimate of drug-likeness (QED) is 0.756. The number of rotatable bonds is 3. The van der Waals surface area contributed by atoms with Crippen molar-refractivity contribution in [1.82, 2.24) is 14.4 Å². The Labute approximate surface area is 123 Å². The minimum atomic E-state index is -0.251. The van der Waals surface area contributed by atoms with E-state index in [-0.39, 0.29) is 5.91 Å². The Kier molecular flexibility index (Phi) is 3.49. The Bertz CT molecular complexity index is 778. The third kappa shape index (κ3) is 2.56. The number of carbonyl (C=O) groups is 1. The van der Waals surface area contributed by atoms with E-state index in [1.54, 1.807) is 30.6 Å². The van der Waals surface area contributed by atoms with Gasteiger partial charge in [-0.3, -0.25) is 14.2 Å². The number of carbonyl (C=O) groups excluding carboxylic acids is 1. The molecule has 0 saturated carbocycles. The van der Waals surface area contributed by atoms with Crippen LogP contribution in [-0.4, -0.2) is 20.3 Å². The molecule has 0 aliphatic heterocycles. The van der Waals surface area contributed by atoms with Crippen LogP contribution in [0.2, 0.25) is 5.15 Å². The first-order valence-electron chi connectivity index (χ1n) is 5.74. The summed E-state index contributed by atoms with van der Waals surface area (Å²) >= 11 is 7.52. The van der Waals surface area contributed by atoms with Crippen LogP contribution in [-0.2, 0) is 4.79 Å². The van der Waals surface area contributed by atoms with E-state index in [0.29, 0.717) is 16.5 Å². The first kappa shape index (κ1) is 12.8. The molecule has 0 aromatic carbocycles. The van der Waals surface area contributed by atoms with E-state index in [1.165, 1.54) is 17.4 Å². The first-order valence-corrected chi connectivity index (χ1v) is 7.00. The van der Waals surface area contributed by atoms with Crippen LogP contribution in [0.1, 0.15) is 5.69 Å². The van der Waals surface area contributed by atoms with Crippen molar-refractivity contribution in [3.8, 4) is 0 Å². The van der Waals surface area contributed by atoms with Gasteiger partial charge in [-0.15, -0.1) is 11.3 Å². The van der Waals surface area contributed by atoms with Crippen LogP contribution in [0, 0.1) is 0 Å². The van der Waals surface area contributed by atoms with Crippen molar-refractivity contribution in [3.63, 3.8) is 0 Å². The number of hydrogen-bond donors (Lipinski definition) is 1. The van der Waals surface area contributed by atoms with Gasteiger partial charge in [-0.1, -0.05) is 11.6 Å². The number of fused-ring (bicyclic) bond motifs is 1. The number of imidazole rings is 1. The summed E-state index contributed by atoms with van der Waals surface area (Å²) in [6.45, 7) is 0. The highest BCUT2D eigenvalue weighted by Crippen LogP contribution is 2.22. The minimum absolute atomic E-state index is 0.251. The summed E-state index contributed by atoms with van der Waals surface area (Å²) in [7, 11) is 0. The van der Waals surface area contributed by atoms with E-state index >= 15 is 0 Å². The molecule has 0 aliphatic rings. The fourth-order valence-corrected chi connectivity index (χ4v) is 2.71. The van der Waals surface area contributed by atoms with Gasteiger partial charge in [0.2, 0.25) is 5.91 Å². The smallest absolute Gasteiger partial charge is 0.248 e. The molecule has 0 bridgehead atoms. The zero-order chi connectivity index (χ0) is 13.9. The molecular formula is C13H9ClN4OS. The molecule has 5 nitrogen and oxygen atoms in total. The van der Waals surface area contributed by atoms with E-state index < -0.39 is 0 Å². The Morgan fingerprint density at radius 2 is 2.40 bits per heavy atom. The van der Waals surface area contributed by atoms with Crippen LogP contribution >= 0.6 is 22.9 Å². The van der Waals surface area contributed by atoms with Crippen molar-refractivity contribution in [2.75, 3.05) is 5.32 Å². The molecule has 3 aromatic heterocycles. The second-order valence-corrected chi connectivity index (χ2v) is 5.14. The third-order valence-electron chi connectivity index (χ3n) is 2.58. The summed E-state index contributed by atoms with van der Waals surface area (Å²) in [5.41, 5.74) is 1.33. The molecule has 0 atom stereocenters. The van der Waals surface area contributed by atoms with Crippen molar-refractivity contribution in [2.24, 2.45) is 0 Å².